The van der Waals surface area contributed by atoms with Crippen molar-refractivity contribution in [2.75, 3.05) is 32.8 Å². The molecule has 1 amide bonds. The molecule has 0 spiro atoms. The molecular weight excluding hydrogens is 311 g/mol. The van der Waals surface area contributed by atoms with Gasteiger partial charge in [0.2, 0.25) is 0 Å². The molecule has 1 aliphatic heterocycles. The van der Waals surface area contributed by atoms with E-state index in [1.165, 1.54) is 18.3 Å². The number of hydrogen-bond donors (Lipinski definition) is 2. The first-order chi connectivity index (χ1) is 11.6. The quantitative estimate of drug-likeness (QED) is 0.874. The largest absolute Gasteiger partial charge is 0.379 e. The summed E-state index contributed by atoms with van der Waals surface area (Å²) in [6, 6.07) is 6.20. The van der Waals surface area contributed by atoms with Crippen LogP contribution >= 0.6 is 0 Å². The Kier molecular flexibility index (Phi) is 5.22. The Morgan fingerprint density at radius 3 is 2.79 bits per heavy atom. The van der Waals surface area contributed by atoms with Crippen LogP contribution in [-0.4, -0.2) is 59.9 Å². The summed E-state index contributed by atoms with van der Waals surface area (Å²) in [5, 5.41) is 9.71. The number of carbonyl (C=O) groups excluding carboxylic acids is 1. The number of carbonyl (C=O) groups is 1. The molecule has 1 aromatic heterocycles. The van der Waals surface area contributed by atoms with Crippen molar-refractivity contribution in [3.8, 4) is 11.3 Å². The predicted octanol–water partition coefficient (Wildman–Crippen LogP) is 1.67. The number of H-pyrrole nitrogens is 1. The van der Waals surface area contributed by atoms with Gasteiger partial charge in [-0.3, -0.25) is 14.8 Å². The van der Waals surface area contributed by atoms with E-state index in [2.05, 4.69) is 27.3 Å². The maximum atomic E-state index is 13.1. The van der Waals surface area contributed by atoms with E-state index in [1.807, 2.05) is 0 Å². The Labute approximate surface area is 140 Å². The molecule has 3 rings (SSSR count). The number of aromatic nitrogens is 2. The molecule has 1 atom stereocenters. The van der Waals surface area contributed by atoms with Crippen LogP contribution in [-0.2, 0) is 4.74 Å². The van der Waals surface area contributed by atoms with Crippen molar-refractivity contribution in [2.45, 2.75) is 13.0 Å². The van der Waals surface area contributed by atoms with Crippen molar-refractivity contribution in [1.29, 1.82) is 0 Å². The lowest BCUT2D eigenvalue weighted by atomic mass is 10.1. The Morgan fingerprint density at radius 1 is 1.38 bits per heavy atom. The highest BCUT2D eigenvalue weighted by molar-refractivity contribution is 5.99. The third-order valence-corrected chi connectivity index (χ3v) is 4.24. The van der Waals surface area contributed by atoms with Crippen molar-refractivity contribution in [3.05, 3.63) is 41.8 Å². The molecule has 2 N–H and O–H groups in total. The van der Waals surface area contributed by atoms with Crippen LogP contribution in [0.25, 0.3) is 11.3 Å². The number of nitrogens with zero attached hydrogens (tertiary/aromatic N) is 2. The van der Waals surface area contributed by atoms with Gasteiger partial charge in [-0.1, -0.05) is 0 Å². The molecule has 2 aromatic rings. The van der Waals surface area contributed by atoms with E-state index in [4.69, 9.17) is 4.74 Å². The fourth-order valence-corrected chi connectivity index (χ4v) is 2.78. The van der Waals surface area contributed by atoms with E-state index < -0.39 is 0 Å². The Morgan fingerprint density at radius 2 is 2.08 bits per heavy atom. The lowest BCUT2D eigenvalue weighted by Crippen LogP contribution is -2.47. The van der Waals surface area contributed by atoms with E-state index in [9.17, 15) is 9.18 Å². The first-order valence-corrected chi connectivity index (χ1v) is 8.04. The standard InChI is InChI=1S/C17H21FN4O2/c1-12(22-6-8-24-9-7-22)10-19-17(23)15-11-20-21-16(15)13-2-4-14(18)5-3-13/h2-5,11-12H,6-10H2,1H3,(H,19,23)(H,20,21). The molecule has 1 fully saturated rings. The molecule has 7 heteroatoms. The van der Waals surface area contributed by atoms with Gasteiger partial charge in [0, 0.05) is 31.2 Å². The number of amides is 1. The van der Waals surface area contributed by atoms with Gasteiger partial charge in [0.15, 0.2) is 0 Å². The van der Waals surface area contributed by atoms with Crippen LogP contribution in [0.15, 0.2) is 30.5 Å². The average Bonchev–Trinajstić information content (AvgIpc) is 3.10. The summed E-state index contributed by atoms with van der Waals surface area (Å²) in [7, 11) is 0. The van der Waals surface area contributed by atoms with Crippen LogP contribution in [0, 0.1) is 5.82 Å². The zero-order chi connectivity index (χ0) is 16.9. The number of aromatic amines is 1. The van der Waals surface area contributed by atoms with E-state index in [0.29, 0.717) is 17.8 Å². The zero-order valence-electron chi connectivity index (χ0n) is 13.6. The Balaban J connectivity index is 1.63. The van der Waals surface area contributed by atoms with E-state index in [-0.39, 0.29) is 17.8 Å². The van der Waals surface area contributed by atoms with Gasteiger partial charge >= 0.3 is 0 Å². The minimum Gasteiger partial charge on any atom is -0.379 e. The minimum atomic E-state index is -0.316. The van der Waals surface area contributed by atoms with Gasteiger partial charge in [-0.2, -0.15) is 5.10 Å². The molecule has 1 aromatic carbocycles. The summed E-state index contributed by atoms with van der Waals surface area (Å²) in [5.74, 6) is -0.508. The van der Waals surface area contributed by atoms with Crippen LogP contribution in [0.2, 0.25) is 0 Å². The molecule has 1 aliphatic rings. The van der Waals surface area contributed by atoms with Crippen LogP contribution in [0.4, 0.5) is 4.39 Å². The second-order valence-corrected chi connectivity index (χ2v) is 5.87. The third-order valence-electron chi connectivity index (χ3n) is 4.24. The lowest BCUT2D eigenvalue weighted by molar-refractivity contribution is 0.0204. The monoisotopic (exact) mass is 332 g/mol. The van der Waals surface area contributed by atoms with Crippen LogP contribution in [0.1, 0.15) is 17.3 Å². The molecule has 0 bridgehead atoms. The maximum Gasteiger partial charge on any atom is 0.255 e. The summed E-state index contributed by atoms with van der Waals surface area (Å²) in [4.78, 5) is 14.8. The molecule has 1 unspecified atom stereocenters. The molecular formula is C17H21FN4O2. The number of rotatable bonds is 5. The SMILES string of the molecule is CC(CNC(=O)c1cn[nH]c1-c1ccc(F)cc1)N1CCOCC1. The highest BCUT2D eigenvalue weighted by Gasteiger charge is 2.19. The zero-order valence-corrected chi connectivity index (χ0v) is 13.6. The number of hydrogen-bond acceptors (Lipinski definition) is 4. The third kappa shape index (κ3) is 3.80. The highest BCUT2D eigenvalue weighted by Crippen LogP contribution is 2.21. The highest BCUT2D eigenvalue weighted by atomic mass is 19.1. The van der Waals surface area contributed by atoms with Gasteiger partial charge in [0.05, 0.1) is 30.7 Å². The second kappa shape index (κ2) is 7.55. The number of morpholine rings is 1. The normalized spacial score (nSPS) is 16.8. The average molecular weight is 332 g/mol. The predicted molar refractivity (Wildman–Crippen MR) is 88.2 cm³/mol. The lowest BCUT2D eigenvalue weighted by Gasteiger charge is -2.32. The van der Waals surface area contributed by atoms with E-state index in [1.54, 1.807) is 12.1 Å². The van der Waals surface area contributed by atoms with E-state index >= 15 is 0 Å². The first kappa shape index (κ1) is 16.6. The summed E-state index contributed by atoms with van der Waals surface area (Å²) in [6.07, 6.45) is 1.49. The topological polar surface area (TPSA) is 70.2 Å². The number of nitrogens with one attached hydrogen (secondary N) is 2. The molecule has 0 radical (unpaired) electrons. The Bertz CT molecular complexity index is 680. The van der Waals surface area contributed by atoms with Crippen molar-refractivity contribution >= 4 is 5.91 Å². The van der Waals surface area contributed by atoms with Crippen molar-refractivity contribution in [3.63, 3.8) is 0 Å². The fourth-order valence-electron chi connectivity index (χ4n) is 2.78. The van der Waals surface area contributed by atoms with Gasteiger partial charge in [-0.25, -0.2) is 4.39 Å². The summed E-state index contributed by atoms with van der Waals surface area (Å²) < 4.78 is 18.4. The summed E-state index contributed by atoms with van der Waals surface area (Å²) in [5.41, 5.74) is 1.77. The van der Waals surface area contributed by atoms with Crippen LogP contribution in [0.3, 0.4) is 0 Å². The smallest absolute Gasteiger partial charge is 0.255 e. The molecule has 2 heterocycles. The van der Waals surface area contributed by atoms with Crippen molar-refractivity contribution < 1.29 is 13.9 Å². The van der Waals surface area contributed by atoms with Gasteiger partial charge in [0.1, 0.15) is 5.82 Å². The second-order valence-electron chi connectivity index (χ2n) is 5.87. The molecule has 1 saturated heterocycles. The Hall–Kier alpha value is -2.25. The van der Waals surface area contributed by atoms with Crippen molar-refractivity contribution in [1.82, 2.24) is 20.4 Å². The van der Waals surface area contributed by atoms with Gasteiger partial charge < -0.3 is 10.1 Å². The minimum absolute atomic E-state index is 0.191. The fraction of sp³-hybridized carbons (Fsp3) is 0.412. The maximum absolute atomic E-state index is 13.1. The molecule has 0 aliphatic carbocycles. The number of benzene rings is 1. The molecule has 24 heavy (non-hydrogen) atoms. The van der Waals surface area contributed by atoms with Gasteiger partial charge in [-0.05, 0) is 31.2 Å². The summed E-state index contributed by atoms with van der Waals surface area (Å²) in [6.45, 7) is 5.85. The molecule has 128 valence electrons. The van der Waals surface area contributed by atoms with Gasteiger partial charge in [0.25, 0.3) is 5.91 Å². The molecule has 0 saturated carbocycles. The first-order valence-electron chi connectivity index (χ1n) is 8.04. The van der Waals surface area contributed by atoms with Crippen molar-refractivity contribution in [2.24, 2.45) is 0 Å². The molecule has 6 nitrogen and oxygen atoms in total. The summed E-state index contributed by atoms with van der Waals surface area (Å²) >= 11 is 0. The van der Waals surface area contributed by atoms with Gasteiger partial charge in [-0.15, -0.1) is 0 Å². The van der Waals surface area contributed by atoms with E-state index in [0.717, 1.165) is 31.9 Å². The number of halogens is 1. The number of ether oxygens (including phenoxy) is 1. The van der Waals surface area contributed by atoms with Crippen LogP contribution < -0.4 is 5.32 Å². The van der Waals surface area contributed by atoms with Crippen LogP contribution in [0.5, 0.6) is 0 Å².